The fourth-order valence-corrected chi connectivity index (χ4v) is 3.96. The molecule has 5 nitrogen and oxygen atoms in total. The first-order valence-electron chi connectivity index (χ1n) is 8.49. The Hall–Kier alpha value is -2.38. The van der Waals surface area contributed by atoms with Gasteiger partial charge in [0.05, 0.1) is 17.1 Å². The molecule has 3 N–H and O–H groups in total. The smallest absolute Gasteiger partial charge is 0.244 e. The molecule has 7 heteroatoms. The summed E-state index contributed by atoms with van der Waals surface area (Å²) in [5.41, 5.74) is 4.78. The highest BCUT2D eigenvalue weighted by molar-refractivity contribution is 9.11. The Morgan fingerprint density at radius 3 is 2.43 bits per heavy atom. The predicted molar refractivity (Wildman–Crippen MR) is 118 cm³/mol. The Morgan fingerprint density at radius 1 is 1.04 bits per heavy atom. The number of carbonyl (C=O) groups is 1. The second kappa shape index (κ2) is 8.32. The molecule has 0 fully saturated rings. The number of nitrogens with zero attached hydrogens (tertiary/aromatic N) is 1. The van der Waals surface area contributed by atoms with E-state index in [1.807, 2.05) is 36.4 Å². The number of aromatic hydroxyl groups is 2. The lowest BCUT2D eigenvalue weighted by atomic mass is 10.0. The van der Waals surface area contributed by atoms with E-state index in [1.165, 1.54) is 6.21 Å². The summed E-state index contributed by atoms with van der Waals surface area (Å²) in [4.78, 5) is 12.3. The summed E-state index contributed by atoms with van der Waals surface area (Å²) in [6, 6.07) is 11.7. The zero-order valence-electron chi connectivity index (χ0n) is 15.3. The van der Waals surface area contributed by atoms with Crippen LogP contribution in [0.5, 0.6) is 11.5 Å². The van der Waals surface area contributed by atoms with Crippen molar-refractivity contribution in [3.63, 3.8) is 0 Å². The lowest BCUT2D eigenvalue weighted by molar-refractivity contribution is -0.120. The molecule has 28 heavy (non-hydrogen) atoms. The molecule has 3 aromatic carbocycles. The van der Waals surface area contributed by atoms with Gasteiger partial charge in [0.1, 0.15) is 11.5 Å². The monoisotopic (exact) mass is 504 g/mol. The minimum Gasteiger partial charge on any atom is -0.507 e. The Kier molecular flexibility index (Phi) is 6.05. The third kappa shape index (κ3) is 3.91. The van der Waals surface area contributed by atoms with E-state index in [9.17, 15) is 15.0 Å². The third-order valence-electron chi connectivity index (χ3n) is 4.60. The number of hydrogen-bond acceptors (Lipinski definition) is 4. The van der Waals surface area contributed by atoms with Gasteiger partial charge in [-0.1, -0.05) is 46.3 Å². The Bertz CT molecular complexity index is 1080. The van der Waals surface area contributed by atoms with Crippen LogP contribution in [0.2, 0.25) is 0 Å². The van der Waals surface area contributed by atoms with Crippen LogP contribution in [0.1, 0.15) is 22.3 Å². The standard InChI is InChI=1S/C21H18Br2N2O3/c1-11-16(20(27)12(2)21(28)19(11)23)10-24-25-18(26)9-13-7-8-17(22)15-6-4-3-5-14(13)15/h3-8,10,27-28H,9H2,1-2H3,(H,25,26)/b24-10-. The van der Waals surface area contributed by atoms with Crippen LogP contribution in [0.15, 0.2) is 50.4 Å². The van der Waals surface area contributed by atoms with Gasteiger partial charge in [0.25, 0.3) is 0 Å². The highest BCUT2D eigenvalue weighted by Gasteiger charge is 2.16. The molecule has 3 aromatic rings. The third-order valence-corrected chi connectivity index (χ3v) is 6.26. The van der Waals surface area contributed by atoms with Gasteiger partial charge < -0.3 is 10.2 Å². The Labute approximate surface area is 179 Å². The molecular weight excluding hydrogens is 488 g/mol. The summed E-state index contributed by atoms with van der Waals surface area (Å²) >= 11 is 6.82. The molecule has 0 heterocycles. The average molecular weight is 506 g/mol. The number of amides is 1. The van der Waals surface area contributed by atoms with E-state index >= 15 is 0 Å². The average Bonchev–Trinajstić information content (AvgIpc) is 2.70. The van der Waals surface area contributed by atoms with Gasteiger partial charge in [0.15, 0.2) is 0 Å². The topological polar surface area (TPSA) is 81.9 Å². The number of phenolic OH excluding ortho intramolecular Hbond substituents is 2. The Balaban J connectivity index is 1.79. The van der Waals surface area contributed by atoms with E-state index in [2.05, 4.69) is 42.4 Å². The highest BCUT2D eigenvalue weighted by atomic mass is 79.9. The summed E-state index contributed by atoms with van der Waals surface area (Å²) < 4.78 is 1.46. The fraction of sp³-hybridized carbons (Fsp3) is 0.143. The molecule has 0 spiro atoms. The van der Waals surface area contributed by atoms with Gasteiger partial charge in [-0.2, -0.15) is 5.10 Å². The number of hydrazone groups is 1. The number of benzene rings is 3. The van der Waals surface area contributed by atoms with Crippen LogP contribution < -0.4 is 5.43 Å². The second-order valence-electron chi connectivity index (χ2n) is 6.40. The minimum atomic E-state index is -0.268. The number of carbonyl (C=O) groups excluding carboxylic acids is 1. The van der Waals surface area contributed by atoms with Gasteiger partial charge in [-0.25, -0.2) is 5.43 Å². The number of nitrogens with one attached hydrogen (secondary N) is 1. The van der Waals surface area contributed by atoms with Crippen molar-refractivity contribution in [2.45, 2.75) is 20.3 Å². The molecule has 0 unspecified atom stereocenters. The lowest BCUT2D eigenvalue weighted by Crippen LogP contribution is -2.20. The molecule has 0 bridgehead atoms. The van der Waals surface area contributed by atoms with E-state index in [0.29, 0.717) is 21.2 Å². The van der Waals surface area contributed by atoms with Crippen molar-refractivity contribution in [2.75, 3.05) is 0 Å². The Morgan fingerprint density at radius 2 is 1.71 bits per heavy atom. The molecule has 144 valence electrons. The van der Waals surface area contributed by atoms with Gasteiger partial charge in [-0.05, 0) is 57.7 Å². The number of halogens is 2. The van der Waals surface area contributed by atoms with E-state index in [-0.39, 0.29) is 23.8 Å². The first-order valence-corrected chi connectivity index (χ1v) is 10.1. The van der Waals surface area contributed by atoms with Crippen molar-refractivity contribution in [3.8, 4) is 11.5 Å². The van der Waals surface area contributed by atoms with Gasteiger partial charge >= 0.3 is 0 Å². The molecule has 0 aromatic heterocycles. The first-order chi connectivity index (χ1) is 13.3. The van der Waals surface area contributed by atoms with Crippen LogP contribution in [0, 0.1) is 13.8 Å². The number of fused-ring (bicyclic) bond motifs is 1. The number of phenols is 2. The summed E-state index contributed by atoms with van der Waals surface area (Å²) in [5.74, 6) is -0.358. The second-order valence-corrected chi connectivity index (χ2v) is 8.04. The number of hydrogen-bond donors (Lipinski definition) is 3. The molecule has 1 amide bonds. The maximum absolute atomic E-state index is 12.3. The van der Waals surface area contributed by atoms with Crippen LogP contribution in [0.4, 0.5) is 0 Å². The predicted octanol–water partition coefficient (Wildman–Crippen LogP) is 5.09. The van der Waals surface area contributed by atoms with Gasteiger partial charge in [0, 0.05) is 15.6 Å². The first kappa shape index (κ1) is 20.4. The normalized spacial score (nSPS) is 11.3. The molecule has 0 aliphatic carbocycles. The molecule has 0 saturated carbocycles. The zero-order valence-corrected chi connectivity index (χ0v) is 18.4. The summed E-state index contributed by atoms with van der Waals surface area (Å²) in [7, 11) is 0. The lowest BCUT2D eigenvalue weighted by Gasteiger charge is -2.12. The summed E-state index contributed by atoms with van der Waals surface area (Å²) in [5, 5.41) is 26.2. The van der Waals surface area contributed by atoms with Crippen LogP contribution in [-0.2, 0) is 11.2 Å². The molecule has 0 aliphatic rings. The largest absolute Gasteiger partial charge is 0.507 e. The van der Waals surface area contributed by atoms with Gasteiger partial charge in [-0.15, -0.1) is 0 Å². The SMILES string of the molecule is Cc1c(O)c(Br)c(C)c(/C=N\NC(=O)Cc2ccc(Br)c3ccccc23)c1O. The molecule has 0 saturated heterocycles. The van der Waals surface area contributed by atoms with Crippen molar-refractivity contribution in [1.29, 1.82) is 0 Å². The van der Waals surface area contributed by atoms with E-state index in [4.69, 9.17) is 0 Å². The van der Waals surface area contributed by atoms with Crippen LogP contribution in [0.25, 0.3) is 10.8 Å². The van der Waals surface area contributed by atoms with Crippen molar-refractivity contribution >= 4 is 54.8 Å². The molecular formula is C21H18Br2N2O3. The maximum atomic E-state index is 12.3. The molecule has 0 atom stereocenters. The van der Waals surface area contributed by atoms with Gasteiger partial charge in [0.2, 0.25) is 5.91 Å². The molecule has 0 radical (unpaired) electrons. The van der Waals surface area contributed by atoms with Crippen LogP contribution in [0.3, 0.4) is 0 Å². The highest BCUT2D eigenvalue weighted by Crippen LogP contribution is 2.39. The van der Waals surface area contributed by atoms with E-state index < -0.39 is 0 Å². The summed E-state index contributed by atoms with van der Waals surface area (Å²) in [6.45, 7) is 3.34. The summed E-state index contributed by atoms with van der Waals surface area (Å²) in [6.07, 6.45) is 1.55. The van der Waals surface area contributed by atoms with Crippen LogP contribution in [-0.4, -0.2) is 22.3 Å². The van der Waals surface area contributed by atoms with Crippen LogP contribution >= 0.6 is 31.9 Å². The maximum Gasteiger partial charge on any atom is 0.244 e. The van der Waals surface area contributed by atoms with E-state index in [1.54, 1.807) is 13.8 Å². The van der Waals surface area contributed by atoms with Crippen molar-refractivity contribution in [3.05, 3.63) is 67.6 Å². The fourth-order valence-electron chi connectivity index (χ4n) is 2.97. The van der Waals surface area contributed by atoms with Crippen molar-refractivity contribution in [2.24, 2.45) is 5.10 Å². The quantitative estimate of drug-likeness (QED) is 0.341. The molecule has 0 aliphatic heterocycles. The number of rotatable bonds is 4. The van der Waals surface area contributed by atoms with Gasteiger partial charge in [-0.3, -0.25) is 4.79 Å². The van der Waals surface area contributed by atoms with Crippen molar-refractivity contribution < 1.29 is 15.0 Å². The van der Waals surface area contributed by atoms with Crippen molar-refractivity contribution in [1.82, 2.24) is 5.43 Å². The molecule has 3 rings (SSSR count). The minimum absolute atomic E-state index is 0.0155. The van der Waals surface area contributed by atoms with E-state index in [0.717, 1.165) is 20.8 Å². The zero-order chi connectivity index (χ0) is 20.4.